The summed E-state index contributed by atoms with van der Waals surface area (Å²) in [4.78, 5) is 11.2. The Morgan fingerprint density at radius 1 is 1.53 bits per heavy atom. The van der Waals surface area contributed by atoms with Crippen LogP contribution < -0.4 is 5.32 Å². The van der Waals surface area contributed by atoms with Crippen molar-refractivity contribution in [3.63, 3.8) is 0 Å². The molecule has 0 radical (unpaired) electrons. The molecule has 1 aromatic carbocycles. The highest BCUT2D eigenvalue weighted by Crippen LogP contribution is 2.20. The third-order valence-corrected chi connectivity index (χ3v) is 2.37. The van der Waals surface area contributed by atoms with Crippen LogP contribution in [-0.4, -0.2) is 17.6 Å². The van der Waals surface area contributed by atoms with Crippen LogP contribution in [0, 0.1) is 5.82 Å². The van der Waals surface area contributed by atoms with Gasteiger partial charge in [-0.3, -0.25) is 4.79 Å². The van der Waals surface area contributed by atoms with Crippen LogP contribution in [0.5, 0.6) is 0 Å². The maximum atomic E-state index is 12.8. The third-order valence-electron chi connectivity index (χ3n) is 1.77. The Bertz CT molecular complexity index is 357. The number of hydrogen-bond acceptors (Lipinski definition) is 2. The first-order chi connectivity index (χ1) is 7.13. The SMILES string of the molecule is O=C(CCCO)Nc1ccc(F)c(Br)c1. The van der Waals surface area contributed by atoms with Gasteiger partial charge in [-0.1, -0.05) is 0 Å². The number of benzene rings is 1. The van der Waals surface area contributed by atoms with Crippen LogP contribution in [0.3, 0.4) is 0 Å². The highest BCUT2D eigenvalue weighted by Gasteiger charge is 2.04. The maximum Gasteiger partial charge on any atom is 0.224 e. The van der Waals surface area contributed by atoms with Gasteiger partial charge in [0.25, 0.3) is 0 Å². The second-order valence-electron chi connectivity index (χ2n) is 3.00. The predicted molar refractivity (Wildman–Crippen MR) is 59.0 cm³/mol. The molecule has 82 valence electrons. The Kier molecular flexibility index (Phi) is 4.71. The lowest BCUT2D eigenvalue weighted by Crippen LogP contribution is -2.11. The molecule has 3 nitrogen and oxygen atoms in total. The fraction of sp³-hybridized carbons (Fsp3) is 0.300. The summed E-state index contributed by atoms with van der Waals surface area (Å²) >= 11 is 3.02. The Balaban J connectivity index is 2.57. The molecule has 2 N–H and O–H groups in total. The van der Waals surface area contributed by atoms with Gasteiger partial charge >= 0.3 is 0 Å². The molecule has 0 spiro atoms. The van der Waals surface area contributed by atoms with E-state index in [-0.39, 0.29) is 24.8 Å². The fourth-order valence-electron chi connectivity index (χ4n) is 1.04. The number of carbonyl (C=O) groups is 1. The Morgan fingerprint density at radius 2 is 2.27 bits per heavy atom. The summed E-state index contributed by atoms with van der Waals surface area (Å²) in [6.07, 6.45) is 0.680. The number of hydrogen-bond donors (Lipinski definition) is 2. The second kappa shape index (κ2) is 5.82. The lowest BCUT2D eigenvalue weighted by Gasteiger charge is -2.05. The molecular formula is C10H11BrFNO2. The normalized spacial score (nSPS) is 10.1. The zero-order valence-electron chi connectivity index (χ0n) is 7.96. The second-order valence-corrected chi connectivity index (χ2v) is 3.86. The van der Waals surface area contributed by atoms with E-state index in [0.29, 0.717) is 16.6 Å². The monoisotopic (exact) mass is 275 g/mol. The molecule has 0 aliphatic carbocycles. The lowest BCUT2D eigenvalue weighted by molar-refractivity contribution is -0.116. The first-order valence-electron chi connectivity index (χ1n) is 4.49. The summed E-state index contributed by atoms with van der Waals surface area (Å²) in [7, 11) is 0. The van der Waals surface area contributed by atoms with E-state index in [1.807, 2.05) is 0 Å². The molecule has 0 saturated heterocycles. The number of anilines is 1. The minimum Gasteiger partial charge on any atom is -0.396 e. The van der Waals surface area contributed by atoms with E-state index in [1.54, 1.807) is 0 Å². The number of halogens is 2. The molecule has 0 fully saturated rings. The van der Waals surface area contributed by atoms with Gasteiger partial charge in [0.1, 0.15) is 5.82 Å². The minimum absolute atomic E-state index is 0.0134. The summed E-state index contributed by atoms with van der Waals surface area (Å²) in [5, 5.41) is 11.1. The van der Waals surface area contributed by atoms with Crippen molar-refractivity contribution in [1.29, 1.82) is 0 Å². The molecule has 0 saturated carbocycles. The van der Waals surface area contributed by atoms with Crippen molar-refractivity contribution in [2.24, 2.45) is 0 Å². The summed E-state index contributed by atoms with van der Waals surface area (Å²) in [5.41, 5.74) is 0.534. The van der Waals surface area contributed by atoms with Gasteiger partial charge in [0.05, 0.1) is 4.47 Å². The van der Waals surface area contributed by atoms with Gasteiger partial charge < -0.3 is 10.4 Å². The van der Waals surface area contributed by atoms with Crippen LogP contribution >= 0.6 is 15.9 Å². The molecule has 0 bridgehead atoms. The van der Waals surface area contributed by atoms with E-state index in [0.717, 1.165) is 0 Å². The van der Waals surface area contributed by atoms with Gasteiger partial charge in [0.2, 0.25) is 5.91 Å². The molecule has 0 heterocycles. The average molecular weight is 276 g/mol. The van der Waals surface area contributed by atoms with Crippen LogP contribution in [0.4, 0.5) is 10.1 Å². The highest BCUT2D eigenvalue weighted by molar-refractivity contribution is 9.10. The van der Waals surface area contributed by atoms with E-state index >= 15 is 0 Å². The maximum absolute atomic E-state index is 12.8. The quantitative estimate of drug-likeness (QED) is 0.886. The zero-order valence-corrected chi connectivity index (χ0v) is 9.55. The van der Waals surface area contributed by atoms with Crippen molar-refractivity contribution in [3.8, 4) is 0 Å². The van der Waals surface area contributed by atoms with E-state index in [4.69, 9.17) is 5.11 Å². The largest absolute Gasteiger partial charge is 0.396 e. The fourth-order valence-corrected chi connectivity index (χ4v) is 1.42. The van der Waals surface area contributed by atoms with Crippen molar-refractivity contribution in [2.45, 2.75) is 12.8 Å². The molecule has 0 aromatic heterocycles. The minimum atomic E-state index is -0.372. The molecule has 1 rings (SSSR count). The van der Waals surface area contributed by atoms with Crippen molar-refractivity contribution in [3.05, 3.63) is 28.5 Å². The molecule has 15 heavy (non-hydrogen) atoms. The van der Waals surface area contributed by atoms with E-state index in [2.05, 4.69) is 21.2 Å². The molecule has 1 aromatic rings. The van der Waals surface area contributed by atoms with Gasteiger partial charge in [-0.05, 0) is 40.5 Å². The molecule has 0 unspecified atom stereocenters. The third kappa shape index (κ3) is 3.97. The number of rotatable bonds is 4. The van der Waals surface area contributed by atoms with Crippen LogP contribution in [-0.2, 0) is 4.79 Å². The first kappa shape index (κ1) is 12.1. The van der Waals surface area contributed by atoms with Crippen LogP contribution in [0.2, 0.25) is 0 Å². The zero-order chi connectivity index (χ0) is 11.3. The Hall–Kier alpha value is -0.940. The van der Waals surface area contributed by atoms with E-state index in [9.17, 15) is 9.18 Å². The van der Waals surface area contributed by atoms with Crippen molar-refractivity contribution >= 4 is 27.5 Å². The standard InChI is InChI=1S/C10H11BrFNO2/c11-8-6-7(3-4-9(8)12)13-10(15)2-1-5-14/h3-4,6,14H,1-2,5H2,(H,13,15). The van der Waals surface area contributed by atoms with Gasteiger partial charge in [0, 0.05) is 18.7 Å². The van der Waals surface area contributed by atoms with Crippen LogP contribution in [0.25, 0.3) is 0 Å². The Labute approximate surface area is 95.4 Å². The number of nitrogens with one attached hydrogen (secondary N) is 1. The number of aliphatic hydroxyl groups is 1. The van der Waals surface area contributed by atoms with Gasteiger partial charge in [0.15, 0.2) is 0 Å². The van der Waals surface area contributed by atoms with Crippen molar-refractivity contribution in [1.82, 2.24) is 0 Å². The first-order valence-corrected chi connectivity index (χ1v) is 5.28. The predicted octanol–water partition coefficient (Wildman–Crippen LogP) is 2.30. The number of carbonyl (C=O) groups excluding carboxylic acids is 1. The molecule has 0 aliphatic rings. The molecule has 5 heteroatoms. The molecule has 0 atom stereocenters. The van der Waals surface area contributed by atoms with E-state index in [1.165, 1.54) is 18.2 Å². The van der Waals surface area contributed by atoms with Gasteiger partial charge in [-0.15, -0.1) is 0 Å². The van der Waals surface area contributed by atoms with Crippen LogP contribution in [0.1, 0.15) is 12.8 Å². The smallest absolute Gasteiger partial charge is 0.224 e. The van der Waals surface area contributed by atoms with E-state index < -0.39 is 0 Å². The number of amides is 1. The Morgan fingerprint density at radius 3 is 2.87 bits per heavy atom. The molecular weight excluding hydrogens is 265 g/mol. The van der Waals surface area contributed by atoms with Crippen molar-refractivity contribution < 1.29 is 14.3 Å². The van der Waals surface area contributed by atoms with Gasteiger partial charge in [-0.2, -0.15) is 0 Å². The summed E-state index contributed by atoms with van der Waals surface area (Å²) in [6, 6.07) is 4.24. The summed E-state index contributed by atoms with van der Waals surface area (Å²) in [5.74, 6) is -0.564. The van der Waals surface area contributed by atoms with Gasteiger partial charge in [-0.25, -0.2) is 4.39 Å². The summed E-state index contributed by atoms with van der Waals surface area (Å²) < 4.78 is 13.2. The molecule has 0 aliphatic heterocycles. The lowest BCUT2D eigenvalue weighted by atomic mass is 10.2. The summed E-state index contributed by atoms with van der Waals surface area (Å²) in [6.45, 7) is -0.0134. The molecule has 1 amide bonds. The topological polar surface area (TPSA) is 49.3 Å². The van der Waals surface area contributed by atoms with Crippen LogP contribution in [0.15, 0.2) is 22.7 Å². The average Bonchev–Trinajstić information content (AvgIpc) is 2.20. The highest BCUT2D eigenvalue weighted by atomic mass is 79.9. The number of aliphatic hydroxyl groups excluding tert-OH is 1. The van der Waals surface area contributed by atoms with Crippen molar-refractivity contribution in [2.75, 3.05) is 11.9 Å².